The van der Waals surface area contributed by atoms with Crippen LogP contribution in [0.1, 0.15) is 70.6 Å². The lowest BCUT2D eigenvalue weighted by Gasteiger charge is -2.24. The van der Waals surface area contributed by atoms with Crippen molar-refractivity contribution in [2.24, 2.45) is 0 Å². The molecule has 0 unspecified atom stereocenters. The van der Waals surface area contributed by atoms with Gasteiger partial charge < -0.3 is 0 Å². The number of rotatable bonds is 4. The van der Waals surface area contributed by atoms with Crippen molar-refractivity contribution < 1.29 is 8.42 Å². The predicted octanol–water partition coefficient (Wildman–Crippen LogP) is 2.47. The van der Waals surface area contributed by atoms with Crippen molar-refractivity contribution >= 4 is 10.2 Å². The third-order valence-electron chi connectivity index (χ3n) is 4.10. The molecule has 2 fully saturated rings. The van der Waals surface area contributed by atoms with E-state index in [-0.39, 0.29) is 12.1 Å². The lowest BCUT2D eigenvalue weighted by atomic mass is 9.96. The molecule has 2 rings (SSSR count). The van der Waals surface area contributed by atoms with Gasteiger partial charge in [0.05, 0.1) is 0 Å². The molecular weight excluding hydrogens is 248 g/mol. The molecule has 0 aromatic heterocycles. The van der Waals surface area contributed by atoms with Gasteiger partial charge in [-0.3, -0.25) is 0 Å². The molecule has 4 nitrogen and oxygen atoms in total. The van der Waals surface area contributed by atoms with E-state index in [0.29, 0.717) is 0 Å². The summed E-state index contributed by atoms with van der Waals surface area (Å²) in [6.07, 6.45) is 12.3. The van der Waals surface area contributed by atoms with Gasteiger partial charge in [-0.05, 0) is 25.7 Å². The third kappa shape index (κ3) is 4.86. The lowest BCUT2D eigenvalue weighted by Crippen LogP contribution is -2.47. The highest BCUT2D eigenvalue weighted by Crippen LogP contribution is 2.19. The van der Waals surface area contributed by atoms with Crippen LogP contribution >= 0.6 is 0 Å². The Morgan fingerprint density at radius 3 is 1.33 bits per heavy atom. The standard InChI is InChI=1S/C13H26N2O2S/c16-18(17,15-13-10-6-3-7-11-13)14-12-8-4-1-2-5-9-12/h12-15H,1-11H2. The highest BCUT2D eigenvalue weighted by molar-refractivity contribution is 7.87. The molecule has 2 saturated carbocycles. The molecule has 0 atom stereocenters. The van der Waals surface area contributed by atoms with E-state index in [2.05, 4.69) is 9.44 Å². The van der Waals surface area contributed by atoms with E-state index in [0.717, 1.165) is 51.4 Å². The van der Waals surface area contributed by atoms with Crippen LogP contribution < -0.4 is 9.44 Å². The van der Waals surface area contributed by atoms with Gasteiger partial charge in [-0.1, -0.05) is 44.9 Å². The van der Waals surface area contributed by atoms with Crippen LogP contribution in [0.25, 0.3) is 0 Å². The Morgan fingerprint density at radius 2 is 0.944 bits per heavy atom. The quantitative estimate of drug-likeness (QED) is 0.774. The molecule has 0 amide bonds. The van der Waals surface area contributed by atoms with Crippen LogP contribution in [-0.4, -0.2) is 20.5 Å². The molecule has 2 N–H and O–H groups in total. The summed E-state index contributed by atoms with van der Waals surface area (Å²) >= 11 is 0. The molecule has 2 aliphatic carbocycles. The molecule has 18 heavy (non-hydrogen) atoms. The number of hydrogen-bond donors (Lipinski definition) is 2. The van der Waals surface area contributed by atoms with Crippen LogP contribution in [0.15, 0.2) is 0 Å². The fourth-order valence-corrected chi connectivity index (χ4v) is 4.51. The average Bonchev–Trinajstić information content (AvgIpc) is 2.57. The SMILES string of the molecule is O=S(=O)(NC1CCCCCC1)NC1CCCCC1. The van der Waals surface area contributed by atoms with E-state index in [4.69, 9.17) is 0 Å². The maximum absolute atomic E-state index is 12.1. The van der Waals surface area contributed by atoms with Crippen molar-refractivity contribution in [2.45, 2.75) is 82.7 Å². The molecule has 5 heteroatoms. The van der Waals surface area contributed by atoms with Gasteiger partial charge in [0.25, 0.3) is 10.2 Å². The number of hydrogen-bond acceptors (Lipinski definition) is 2. The molecule has 0 heterocycles. The highest BCUT2D eigenvalue weighted by atomic mass is 32.2. The Hall–Kier alpha value is -0.130. The summed E-state index contributed by atoms with van der Waals surface area (Å²) in [6.45, 7) is 0. The molecule has 0 aliphatic heterocycles. The monoisotopic (exact) mass is 274 g/mol. The van der Waals surface area contributed by atoms with Gasteiger partial charge in [-0.2, -0.15) is 17.9 Å². The highest BCUT2D eigenvalue weighted by Gasteiger charge is 2.23. The summed E-state index contributed by atoms with van der Waals surface area (Å²) in [5.41, 5.74) is 0. The molecule has 2 aliphatic rings. The van der Waals surface area contributed by atoms with E-state index in [1.165, 1.54) is 19.3 Å². The predicted molar refractivity (Wildman–Crippen MR) is 73.6 cm³/mol. The Bertz CT molecular complexity index is 329. The minimum atomic E-state index is -3.30. The third-order valence-corrected chi connectivity index (χ3v) is 5.39. The molecule has 0 radical (unpaired) electrons. The zero-order chi connectivity index (χ0) is 12.8. The fraction of sp³-hybridized carbons (Fsp3) is 1.00. The van der Waals surface area contributed by atoms with Gasteiger partial charge >= 0.3 is 0 Å². The zero-order valence-electron chi connectivity index (χ0n) is 11.2. The first-order chi connectivity index (χ1) is 8.66. The fourth-order valence-electron chi connectivity index (χ4n) is 3.09. The van der Waals surface area contributed by atoms with Gasteiger partial charge in [0.15, 0.2) is 0 Å². The summed E-state index contributed by atoms with van der Waals surface area (Å²) in [7, 11) is -3.30. The molecule has 0 aromatic carbocycles. The van der Waals surface area contributed by atoms with Crippen molar-refractivity contribution in [3.63, 3.8) is 0 Å². The van der Waals surface area contributed by atoms with Gasteiger partial charge in [-0.15, -0.1) is 0 Å². The van der Waals surface area contributed by atoms with E-state index in [1.54, 1.807) is 0 Å². The molecule has 106 valence electrons. The second kappa shape index (κ2) is 6.87. The molecule has 0 aromatic rings. The first-order valence-corrected chi connectivity index (χ1v) is 8.94. The minimum Gasteiger partial charge on any atom is -0.199 e. The van der Waals surface area contributed by atoms with Gasteiger partial charge in [0.1, 0.15) is 0 Å². The van der Waals surface area contributed by atoms with Crippen LogP contribution in [0.3, 0.4) is 0 Å². The maximum atomic E-state index is 12.1. The Balaban J connectivity index is 1.81. The van der Waals surface area contributed by atoms with Crippen molar-refractivity contribution in [2.75, 3.05) is 0 Å². The Labute approximate surface area is 111 Å². The lowest BCUT2D eigenvalue weighted by molar-refractivity contribution is 0.406. The summed E-state index contributed by atoms with van der Waals surface area (Å²) < 4.78 is 29.8. The van der Waals surface area contributed by atoms with E-state index >= 15 is 0 Å². The van der Waals surface area contributed by atoms with E-state index in [9.17, 15) is 8.42 Å². The normalized spacial score (nSPS) is 24.9. The topological polar surface area (TPSA) is 58.2 Å². The number of nitrogens with one attached hydrogen (secondary N) is 2. The second-order valence-electron chi connectivity index (χ2n) is 5.76. The molecule has 0 saturated heterocycles. The Morgan fingerprint density at radius 1 is 0.611 bits per heavy atom. The summed E-state index contributed by atoms with van der Waals surface area (Å²) in [4.78, 5) is 0. The maximum Gasteiger partial charge on any atom is 0.277 e. The summed E-state index contributed by atoms with van der Waals surface area (Å²) in [5.74, 6) is 0. The van der Waals surface area contributed by atoms with Gasteiger partial charge in [0, 0.05) is 12.1 Å². The van der Waals surface area contributed by atoms with Crippen LogP contribution in [0.5, 0.6) is 0 Å². The molecule has 0 bridgehead atoms. The van der Waals surface area contributed by atoms with Crippen molar-refractivity contribution in [3.05, 3.63) is 0 Å². The van der Waals surface area contributed by atoms with Crippen LogP contribution in [0.2, 0.25) is 0 Å². The summed E-state index contributed by atoms with van der Waals surface area (Å²) in [5, 5.41) is 0. The Kier molecular flexibility index (Phi) is 5.45. The van der Waals surface area contributed by atoms with Gasteiger partial charge in [-0.25, -0.2) is 0 Å². The molecular formula is C13H26N2O2S. The smallest absolute Gasteiger partial charge is 0.199 e. The first-order valence-electron chi connectivity index (χ1n) is 7.45. The van der Waals surface area contributed by atoms with E-state index < -0.39 is 10.2 Å². The van der Waals surface area contributed by atoms with Crippen LogP contribution in [0.4, 0.5) is 0 Å². The van der Waals surface area contributed by atoms with Crippen molar-refractivity contribution in [1.82, 2.24) is 9.44 Å². The molecule has 0 spiro atoms. The van der Waals surface area contributed by atoms with E-state index in [1.807, 2.05) is 0 Å². The van der Waals surface area contributed by atoms with Gasteiger partial charge in [0.2, 0.25) is 0 Å². The first kappa shape index (κ1) is 14.3. The largest absolute Gasteiger partial charge is 0.277 e. The zero-order valence-corrected chi connectivity index (χ0v) is 12.0. The van der Waals surface area contributed by atoms with Crippen molar-refractivity contribution in [1.29, 1.82) is 0 Å². The summed E-state index contributed by atoms with van der Waals surface area (Å²) in [6, 6.07) is 0.301. The van der Waals surface area contributed by atoms with Crippen molar-refractivity contribution in [3.8, 4) is 0 Å². The average molecular weight is 274 g/mol. The second-order valence-corrected chi connectivity index (χ2v) is 7.24. The van der Waals surface area contributed by atoms with Crippen LogP contribution in [0, 0.1) is 0 Å². The minimum absolute atomic E-state index is 0.147. The van der Waals surface area contributed by atoms with Crippen LogP contribution in [-0.2, 0) is 10.2 Å².